The molecule has 2 heterocycles. The van der Waals surface area contributed by atoms with Crippen molar-refractivity contribution in [1.82, 2.24) is 4.98 Å². The summed E-state index contributed by atoms with van der Waals surface area (Å²) in [6.07, 6.45) is 5.51. The van der Waals surface area contributed by atoms with Gasteiger partial charge in [0.05, 0.1) is 3.57 Å². The van der Waals surface area contributed by atoms with E-state index in [1.54, 1.807) is 6.20 Å². The molecule has 117 valence electrons. The summed E-state index contributed by atoms with van der Waals surface area (Å²) in [4.78, 5) is 8.18. The Morgan fingerprint density at radius 2 is 1.79 bits per heavy atom. The predicted octanol–water partition coefficient (Wildman–Crippen LogP) is 5.10. The Morgan fingerprint density at radius 1 is 1.00 bits per heavy atom. The third-order valence-electron chi connectivity index (χ3n) is 3.09. The van der Waals surface area contributed by atoms with E-state index < -0.39 is 0 Å². The molecule has 0 bridgehead atoms. The predicted molar refractivity (Wildman–Crippen MR) is 99.5 cm³/mol. The molecule has 24 heavy (non-hydrogen) atoms. The normalized spacial score (nSPS) is 10.9. The van der Waals surface area contributed by atoms with Gasteiger partial charge in [-0.2, -0.15) is 24.4 Å². The van der Waals surface area contributed by atoms with E-state index >= 15 is 0 Å². The molecule has 0 N–H and O–H groups in total. The maximum Gasteiger partial charge on any atom is 0.230 e. The smallest absolute Gasteiger partial charge is 0.230 e. The monoisotopic (exact) mass is 501 g/mol. The first-order chi connectivity index (χ1) is 11.3. The van der Waals surface area contributed by atoms with Crippen molar-refractivity contribution in [2.45, 2.75) is 6.42 Å². The Bertz CT molecular complexity index is 809. The molecule has 4 rings (SSSR count). The molecule has 1 aliphatic rings. The minimum Gasteiger partial charge on any atom is -0.464 e. The summed E-state index contributed by atoms with van der Waals surface area (Å²) >= 11 is 2.19. The van der Waals surface area contributed by atoms with Gasteiger partial charge in [0.15, 0.2) is 0 Å². The van der Waals surface area contributed by atoms with Crippen LogP contribution in [-0.4, -0.2) is 11.2 Å². The van der Waals surface area contributed by atoms with Crippen LogP contribution in [0.4, 0.5) is 5.69 Å². The van der Waals surface area contributed by atoms with Gasteiger partial charge in [-0.3, -0.25) is 0 Å². The summed E-state index contributed by atoms with van der Waals surface area (Å²) in [5.74, 6) is 1.42. The quantitative estimate of drug-likeness (QED) is 0.362. The van der Waals surface area contributed by atoms with E-state index in [9.17, 15) is 0 Å². The molecule has 2 aromatic carbocycles. The van der Waals surface area contributed by atoms with Gasteiger partial charge >= 0.3 is 0 Å². The van der Waals surface area contributed by atoms with Gasteiger partial charge in [0.1, 0.15) is 0 Å². The van der Waals surface area contributed by atoms with Gasteiger partial charge in [0.2, 0.25) is 5.88 Å². The van der Waals surface area contributed by atoms with Crippen molar-refractivity contribution >= 4 is 34.5 Å². The number of halogens is 1. The molecule has 1 aliphatic heterocycles. The average molecular weight is 501 g/mol. The number of rotatable bonds is 2. The number of para-hydroxylation sites is 1. The molecular weight excluding hydrogens is 488 g/mol. The van der Waals surface area contributed by atoms with Crippen LogP contribution in [-0.2, 0) is 39.1 Å². The van der Waals surface area contributed by atoms with E-state index in [0.717, 1.165) is 21.4 Å². The SMILES string of the molecule is Ic1cccnc1Oc1cc[c-]cc1.[C-]1=Nc2ccccc2C1.[Y]. The second-order valence-electron chi connectivity index (χ2n) is 4.70. The summed E-state index contributed by atoms with van der Waals surface area (Å²) in [7, 11) is 0. The fourth-order valence-corrected chi connectivity index (χ4v) is 2.43. The number of nitrogens with zero attached hydrogens (tertiary/aromatic N) is 2. The van der Waals surface area contributed by atoms with Gasteiger partial charge in [-0.1, -0.05) is 30.3 Å². The first-order valence-corrected chi connectivity index (χ1v) is 8.17. The summed E-state index contributed by atoms with van der Waals surface area (Å²) in [6, 6.07) is 22.2. The molecule has 0 amide bonds. The number of aromatic nitrogens is 1. The van der Waals surface area contributed by atoms with Crippen LogP contribution in [0.2, 0.25) is 0 Å². The maximum absolute atomic E-state index is 5.57. The van der Waals surface area contributed by atoms with Crippen molar-refractivity contribution < 1.29 is 37.4 Å². The van der Waals surface area contributed by atoms with Crippen LogP contribution in [0.25, 0.3) is 0 Å². The molecule has 3 nitrogen and oxygen atoms in total. The van der Waals surface area contributed by atoms with Crippen molar-refractivity contribution in [3.63, 3.8) is 0 Å². The molecule has 1 radical (unpaired) electrons. The number of fused-ring (bicyclic) bond motifs is 1. The fourth-order valence-electron chi connectivity index (χ4n) is 1.98. The van der Waals surface area contributed by atoms with Crippen LogP contribution in [0.5, 0.6) is 11.6 Å². The minimum absolute atomic E-state index is 0. The molecule has 0 saturated heterocycles. The van der Waals surface area contributed by atoms with E-state index in [2.05, 4.69) is 50.9 Å². The summed E-state index contributed by atoms with van der Waals surface area (Å²) in [6.45, 7) is 0. The molecule has 0 unspecified atom stereocenters. The number of pyridine rings is 1. The van der Waals surface area contributed by atoms with Crippen LogP contribution in [0.1, 0.15) is 5.56 Å². The van der Waals surface area contributed by atoms with E-state index in [-0.39, 0.29) is 32.7 Å². The Morgan fingerprint density at radius 3 is 2.54 bits per heavy atom. The van der Waals surface area contributed by atoms with E-state index in [1.807, 2.05) is 54.6 Å². The van der Waals surface area contributed by atoms with E-state index in [4.69, 9.17) is 4.74 Å². The number of hydrogen-bond acceptors (Lipinski definition) is 3. The van der Waals surface area contributed by atoms with Crippen molar-refractivity contribution in [1.29, 1.82) is 0 Å². The minimum atomic E-state index is 0. The molecule has 0 fully saturated rings. The Kier molecular flexibility index (Phi) is 8.02. The standard InChI is InChI=1S/C11H7INO.C8H6N.Y/c12-10-7-4-8-13-11(10)14-9-5-2-1-3-6-9;1-2-4-8-7(3-1)5-6-9-8;/h2-8H;1-4H,5H2;/q2*-1;. The van der Waals surface area contributed by atoms with Crippen LogP contribution >= 0.6 is 22.6 Å². The van der Waals surface area contributed by atoms with E-state index in [1.165, 1.54) is 5.56 Å². The Labute approximate surface area is 180 Å². The summed E-state index contributed by atoms with van der Waals surface area (Å²) < 4.78 is 6.57. The van der Waals surface area contributed by atoms with Crippen molar-refractivity contribution in [2.75, 3.05) is 0 Å². The van der Waals surface area contributed by atoms with Crippen molar-refractivity contribution in [3.05, 3.63) is 82.1 Å². The molecule has 0 saturated carbocycles. The van der Waals surface area contributed by atoms with E-state index in [0.29, 0.717) is 5.88 Å². The topological polar surface area (TPSA) is 34.5 Å². The summed E-state index contributed by atoms with van der Waals surface area (Å²) in [5, 5.41) is 0. The second kappa shape index (κ2) is 10.0. The van der Waals surface area contributed by atoms with Crippen molar-refractivity contribution in [2.24, 2.45) is 4.99 Å². The van der Waals surface area contributed by atoms with Gasteiger partial charge in [-0.05, 0) is 34.7 Å². The zero-order valence-corrected chi connectivity index (χ0v) is 17.8. The molecular formula is C19H13IN2OY-2. The van der Waals surface area contributed by atoms with Gasteiger partial charge in [-0.15, -0.1) is 23.8 Å². The number of hydrogen-bond donors (Lipinski definition) is 0. The van der Waals surface area contributed by atoms with Crippen LogP contribution in [0.3, 0.4) is 0 Å². The number of aliphatic imine (C=N–C) groups is 1. The zero-order chi connectivity index (χ0) is 15.9. The first-order valence-electron chi connectivity index (χ1n) is 7.09. The van der Waals surface area contributed by atoms with Gasteiger partial charge in [0.25, 0.3) is 0 Å². The third kappa shape index (κ3) is 5.47. The second-order valence-corrected chi connectivity index (χ2v) is 5.87. The van der Waals surface area contributed by atoms with Crippen LogP contribution < -0.4 is 4.74 Å². The Hall–Kier alpha value is -1.11. The number of benzene rings is 2. The first kappa shape index (κ1) is 19.2. The Balaban J connectivity index is 0.000000181. The van der Waals surface area contributed by atoms with Crippen LogP contribution in [0.15, 0.2) is 71.9 Å². The van der Waals surface area contributed by atoms with Gasteiger partial charge in [0, 0.05) is 44.7 Å². The molecule has 1 aromatic heterocycles. The average Bonchev–Trinajstić information content (AvgIpc) is 3.07. The third-order valence-corrected chi connectivity index (χ3v) is 3.91. The summed E-state index contributed by atoms with van der Waals surface area (Å²) in [5.41, 5.74) is 2.37. The van der Waals surface area contributed by atoms with Gasteiger partial charge in [-0.25, -0.2) is 4.98 Å². The van der Waals surface area contributed by atoms with Crippen LogP contribution in [0, 0.1) is 9.64 Å². The molecule has 0 spiro atoms. The number of ether oxygens (including phenoxy) is 1. The molecule has 0 aliphatic carbocycles. The van der Waals surface area contributed by atoms with Crippen molar-refractivity contribution in [3.8, 4) is 11.6 Å². The zero-order valence-electron chi connectivity index (χ0n) is 12.8. The fraction of sp³-hybridized carbons (Fsp3) is 0.0526. The molecule has 3 aromatic rings. The molecule has 5 heteroatoms. The maximum atomic E-state index is 5.57. The van der Waals surface area contributed by atoms with Gasteiger partial charge < -0.3 is 9.73 Å². The molecule has 0 atom stereocenters. The largest absolute Gasteiger partial charge is 0.464 e.